The molecule has 0 aliphatic rings. The molecule has 2 nitrogen and oxygen atoms in total. The van der Waals surface area contributed by atoms with Crippen LogP contribution in [0, 0.1) is 13.8 Å². The lowest BCUT2D eigenvalue weighted by molar-refractivity contribution is -0.111. The Bertz CT molecular complexity index is 346. The maximum atomic E-state index is 11.2. The molecule has 0 atom stereocenters. The number of carbonyl (C=O) groups excluding carboxylic acids is 1. The summed E-state index contributed by atoms with van der Waals surface area (Å²) in [7, 11) is 0. The molecule has 1 aromatic rings. The summed E-state index contributed by atoms with van der Waals surface area (Å²) in [6.07, 6.45) is 3.23. The van der Waals surface area contributed by atoms with Crippen molar-refractivity contribution in [2.24, 2.45) is 0 Å². The van der Waals surface area contributed by atoms with Gasteiger partial charge in [-0.1, -0.05) is 12.1 Å². The normalized spacial score (nSPS) is 10.5. The van der Waals surface area contributed by atoms with E-state index < -0.39 is 0 Å². The smallest absolute Gasteiger partial charge is 0.248 e. The first-order valence-electron chi connectivity index (χ1n) is 4.64. The van der Waals surface area contributed by atoms with E-state index in [0.29, 0.717) is 0 Å². The minimum absolute atomic E-state index is 0.0856. The van der Waals surface area contributed by atoms with Crippen LogP contribution < -0.4 is 5.32 Å². The fourth-order valence-corrected chi connectivity index (χ4v) is 1.38. The van der Waals surface area contributed by atoms with E-state index in [4.69, 9.17) is 0 Å². The number of allylic oxidation sites excluding steroid dienone is 1. The minimum Gasteiger partial charge on any atom is -0.323 e. The van der Waals surface area contributed by atoms with Crippen molar-refractivity contribution in [3.8, 4) is 0 Å². The molecule has 1 aromatic carbocycles. The van der Waals surface area contributed by atoms with Crippen LogP contribution in [0.1, 0.15) is 18.1 Å². The summed E-state index contributed by atoms with van der Waals surface area (Å²) < 4.78 is 0. The molecular weight excluding hydrogens is 174 g/mol. The van der Waals surface area contributed by atoms with Gasteiger partial charge in [0.05, 0.1) is 0 Å². The summed E-state index contributed by atoms with van der Waals surface area (Å²) >= 11 is 0. The highest BCUT2D eigenvalue weighted by Crippen LogP contribution is 2.13. The molecule has 0 radical (unpaired) electrons. The highest BCUT2D eigenvalue weighted by Gasteiger charge is 1.98. The summed E-state index contributed by atoms with van der Waals surface area (Å²) in [5.74, 6) is -0.0856. The summed E-state index contributed by atoms with van der Waals surface area (Å²) in [4.78, 5) is 11.2. The van der Waals surface area contributed by atoms with Crippen LogP contribution in [0.4, 0.5) is 5.69 Å². The van der Waals surface area contributed by atoms with Gasteiger partial charge in [0, 0.05) is 5.69 Å². The first-order chi connectivity index (χ1) is 6.61. The third-order valence-corrected chi connectivity index (χ3v) is 1.81. The van der Waals surface area contributed by atoms with Crippen LogP contribution in [0.2, 0.25) is 0 Å². The van der Waals surface area contributed by atoms with Gasteiger partial charge < -0.3 is 5.32 Å². The molecule has 1 N–H and O–H groups in total. The molecule has 1 rings (SSSR count). The molecule has 0 aromatic heterocycles. The van der Waals surface area contributed by atoms with E-state index in [1.165, 1.54) is 6.08 Å². The Morgan fingerprint density at radius 3 is 2.29 bits per heavy atom. The van der Waals surface area contributed by atoms with Gasteiger partial charge >= 0.3 is 0 Å². The third-order valence-electron chi connectivity index (χ3n) is 1.81. The van der Waals surface area contributed by atoms with Crippen molar-refractivity contribution in [3.63, 3.8) is 0 Å². The molecule has 0 spiro atoms. The predicted molar refractivity (Wildman–Crippen MR) is 59.4 cm³/mol. The second kappa shape index (κ2) is 4.61. The fourth-order valence-electron chi connectivity index (χ4n) is 1.38. The van der Waals surface area contributed by atoms with E-state index in [0.717, 1.165) is 16.8 Å². The van der Waals surface area contributed by atoms with Crippen LogP contribution in [0.25, 0.3) is 0 Å². The number of benzene rings is 1. The number of hydrogen-bond donors (Lipinski definition) is 1. The second-order valence-electron chi connectivity index (χ2n) is 3.37. The summed E-state index contributed by atoms with van der Waals surface area (Å²) in [5.41, 5.74) is 3.16. The maximum Gasteiger partial charge on any atom is 0.248 e. The standard InChI is InChI=1S/C12H15NO/c1-4-5-12(14)13-11-7-9(2)6-10(3)8-11/h4-8H,1-3H3,(H,13,14)/b5-4+. The fraction of sp³-hybridized carbons (Fsp3) is 0.250. The van der Waals surface area contributed by atoms with Gasteiger partial charge in [0.1, 0.15) is 0 Å². The van der Waals surface area contributed by atoms with Gasteiger partial charge in [-0.25, -0.2) is 0 Å². The van der Waals surface area contributed by atoms with Crippen LogP contribution >= 0.6 is 0 Å². The first kappa shape index (κ1) is 10.5. The molecule has 0 aliphatic carbocycles. The van der Waals surface area contributed by atoms with E-state index in [1.54, 1.807) is 6.08 Å². The van der Waals surface area contributed by atoms with Gasteiger partial charge in [0.25, 0.3) is 0 Å². The summed E-state index contributed by atoms with van der Waals surface area (Å²) in [6, 6.07) is 5.98. The Hall–Kier alpha value is -1.57. The summed E-state index contributed by atoms with van der Waals surface area (Å²) in [5, 5.41) is 2.80. The van der Waals surface area contributed by atoms with Crippen molar-refractivity contribution in [3.05, 3.63) is 41.5 Å². The van der Waals surface area contributed by atoms with Gasteiger partial charge in [-0.3, -0.25) is 4.79 Å². The van der Waals surface area contributed by atoms with Gasteiger partial charge in [-0.2, -0.15) is 0 Å². The Morgan fingerprint density at radius 1 is 1.21 bits per heavy atom. The molecule has 0 unspecified atom stereocenters. The number of rotatable bonds is 2. The highest BCUT2D eigenvalue weighted by atomic mass is 16.1. The van der Waals surface area contributed by atoms with Crippen molar-refractivity contribution in [1.82, 2.24) is 0 Å². The zero-order chi connectivity index (χ0) is 10.6. The lowest BCUT2D eigenvalue weighted by Gasteiger charge is -2.04. The van der Waals surface area contributed by atoms with E-state index in [1.807, 2.05) is 32.9 Å². The predicted octanol–water partition coefficient (Wildman–Crippen LogP) is 2.82. The zero-order valence-electron chi connectivity index (χ0n) is 8.79. The van der Waals surface area contributed by atoms with Gasteiger partial charge in [0.2, 0.25) is 5.91 Å². The number of hydrogen-bond acceptors (Lipinski definition) is 1. The van der Waals surface area contributed by atoms with E-state index in [-0.39, 0.29) is 5.91 Å². The van der Waals surface area contributed by atoms with Crippen molar-refractivity contribution in [2.45, 2.75) is 20.8 Å². The molecule has 0 aliphatic heterocycles. The van der Waals surface area contributed by atoms with E-state index in [2.05, 4.69) is 11.4 Å². The number of amides is 1. The molecular formula is C12H15NO. The van der Waals surface area contributed by atoms with Crippen LogP contribution in [0.5, 0.6) is 0 Å². The Labute approximate surface area is 84.6 Å². The Morgan fingerprint density at radius 2 is 1.79 bits per heavy atom. The molecule has 1 amide bonds. The van der Waals surface area contributed by atoms with Gasteiger partial charge in [-0.05, 0) is 50.1 Å². The van der Waals surface area contributed by atoms with Gasteiger partial charge in [-0.15, -0.1) is 0 Å². The van der Waals surface area contributed by atoms with E-state index in [9.17, 15) is 4.79 Å². The first-order valence-corrected chi connectivity index (χ1v) is 4.64. The maximum absolute atomic E-state index is 11.2. The molecule has 14 heavy (non-hydrogen) atoms. The van der Waals surface area contributed by atoms with E-state index >= 15 is 0 Å². The second-order valence-corrected chi connectivity index (χ2v) is 3.37. The molecule has 0 saturated heterocycles. The third kappa shape index (κ3) is 3.05. The quantitative estimate of drug-likeness (QED) is 0.712. The van der Waals surface area contributed by atoms with Crippen molar-refractivity contribution in [1.29, 1.82) is 0 Å². The highest BCUT2D eigenvalue weighted by molar-refractivity contribution is 5.99. The molecule has 0 bridgehead atoms. The van der Waals surface area contributed by atoms with Crippen LogP contribution in [-0.4, -0.2) is 5.91 Å². The van der Waals surface area contributed by atoms with Crippen LogP contribution in [0.15, 0.2) is 30.4 Å². The van der Waals surface area contributed by atoms with Gasteiger partial charge in [0.15, 0.2) is 0 Å². The SMILES string of the molecule is C/C=C/C(=O)Nc1cc(C)cc(C)c1. The number of anilines is 1. The average Bonchev–Trinajstić information content (AvgIpc) is 2.01. The lowest BCUT2D eigenvalue weighted by atomic mass is 10.1. The van der Waals surface area contributed by atoms with Crippen molar-refractivity contribution < 1.29 is 4.79 Å². The Balaban J connectivity index is 2.81. The topological polar surface area (TPSA) is 29.1 Å². The average molecular weight is 189 g/mol. The zero-order valence-corrected chi connectivity index (χ0v) is 8.79. The van der Waals surface area contributed by atoms with Crippen LogP contribution in [0.3, 0.4) is 0 Å². The van der Waals surface area contributed by atoms with Crippen molar-refractivity contribution in [2.75, 3.05) is 5.32 Å². The number of aryl methyl sites for hydroxylation is 2. The lowest BCUT2D eigenvalue weighted by Crippen LogP contribution is -2.07. The summed E-state index contributed by atoms with van der Waals surface area (Å²) in [6.45, 7) is 5.84. The number of nitrogens with one attached hydrogen (secondary N) is 1. The minimum atomic E-state index is -0.0856. The molecule has 0 saturated carbocycles. The molecule has 0 fully saturated rings. The number of carbonyl (C=O) groups is 1. The molecule has 74 valence electrons. The molecule has 2 heteroatoms. The monoisotopic (exact) mass is 189 g/mol. The van der Waals surface area contributed by atoms with Crippen LogP contribution in [-0.2, 0) is 4.79 Å². The Kier molecular flexibility index (Phi) is 3.46. The van der Waals surface area contributed by atoms with Crippen molar-refractivity contribution >= 4 is 11.6 Å². The molecule has 0 heterocycles. The largest absolute Gasteiger partial charge is 0.323 e.